The molecule has 0 aromatic carbocycles. The highest BCUT2D eigenvalue weighted by Crippen LogP contribution is 2.36. The fourth-order valence-electron chi connectivity index (χ4n) is 3.17. The van der Waals surface area contributed by atoms with Crippen molar-refractivity contribution in [3.8, 4) is 0 Å². The lowest BCUT2D eigenvalue weighted by atomic mass is 9.78. The summed E-state index contributed by atoms with van der Waals surface area (Å²) in [7, 11) is 0. The Bertz CT molecular complexity index is 275. The van der Waals surface area contributed by atoms with Crippen LogP contribution in [-0.4, -0.2) is 35.1 Å². The minimum absolute atomic E-state index is 0.134. The van der Waals surface area contributed by atoms with E-state index in [0.29, 0.717) is 5.92 Å². The van der Waals surface area contributed by atoms with Gasteiger partial charge in [-0.05, 0) is 50.5 Å². The van der Waals surface area contributed by atoms with Gasteiger partial charge in [0.15, 0.2) is 0 Å². The topological polar surface area (TPSA) is 40.5 Å². The van der Waals surface area contributed by atoms with E-state index in [2.05, 4.69) is 18.7 Å². The van der Waals surface area contributed by atoms with E-state index in [1.54, 1.807) is 0 Å². The lowest BCUT2D eigenvalue weighted by Crippen LogP contribution is -2.47. The van der Waals surface area contributed by atoms with Crippen LogP contribution in [0, 0.1) is 17.8 Å². The molecule has 0 aromatic rings. The highest BCUT2D eigenvalue weighted by atomic mass is 16.4. The third-order valence-electron chi connectivity index (χ3n) is 4.46. The fraction of sp³-hybridized carbons (Fsp3) is 0.929. The van der Waals surface area contributed by atoms with Crippen molar-refractivity contribution in [1.82, 2.24) is 4.90 Å². The number of hydrogen-bond acceptors (Lipinski definition) is 2. The van der Waals surface area contributed by atoms with Gasteiger partial charge < -0.3 is 5.11 Å². The molecule has 0 aliphatic heterocycles. The van der Waals surface area contributed by atoms with Gasteiger partial charge in [0.05, 0.1) is 5.92 Å². The van der Waals surface area contributed by atoms with Crippen molar-refractivity contribution in [2.45, 2.75) is 52.0 Å². The molecular weight excluding hydrogens is 214 g/mol. The average molecular weight is 239 g/mol. The molecule has 3 nitrogen and oxygen atoms in total. The van der Waals surface area contributed by atoms with Gasteiger partial charge in [-0.1, -0.05) is 13.8 Å². The molecule has 3 heteroatoms. The molecule has 0 amide bonds. The Morgan fingerprint density at radius 3 is 2.53 bits per heavy atom. The monoisotopic (exact) mass is 239 g/mol. The van der Waals surface area contributed by atoms with Gasteiger partial charge in [0.2, 0.25) is 0 Å². The smallest absolute Gasteiger partial charge is 0.308 e. The minimum Gasteiger partial charge on any atom is -0.481 e. The molecule has 0 spiro atoms. The second kappa shape index (κ2) is 5.38. The summed E-state index contributed by atoms with van der Waals surface area (Å²) in [4.78, 5) is 13.8. The highest BCUT2D eigenvalue weighted by molar-refractivity contribution is 5.71. The van der Waals surface area contributed by atoms with Gasteiger partial charge in [-0.3, -0.25) is 9.69 Å². The van der Waals surface area contributed by atoms with Crippen molar-refractivity contribution in [3.05, 3.63) is 0 Å². The van der Waals surface area contributed by atoms with Gasteiger partial charge in [0.25, 0.3) is 0 Å². The van der Waals surface area contributed by atoms with E-state index in [4.69, 9.17) is 0 Å². The van der Waals surface area contributed by atoms with Gasteiger partial charge in [0.1, 0.15) is 0 Å². The first-order valence-electron chi connectivity index (χ1n) is 7.08. The fourth-order valence-corrected chi connectivity index (χ4v) is 3.17. The third-order valence-corrected chi connectivity index (χ3v) is 4.46. The predicted molar refractivity (Wildman–Crippen MR) is 67.9 cm³/mol. The van der Waals surface area contributed by atoms with E-state index in [-0.39, 0.29) is 12.0 Å². The molecule has 2 aliphatic carbocycles. The van der Waals surface area contributed by atoms with Crippen molar-refractivity contribution >= 4 is 5.97 Å². The molecule has 1 N–H and O–H groups in total. The molecule has 0 saturated heterocycles. The van der Waals surface area contributed by atoms with Crippen molar-refractivity contribution in [1.29, 1.82) is 0 Å². The Morgan fingerprint density at radius 2 is 2.00 bits per heavy atom. The van der Waals surface area contributed by atoms with Crippen molar-refractivity contribution in [2.75, 3.05) is 13.1 Å². The molecule has 17 heavy (non-hydrogen) atoms. The normalized spacial score (nSPS) is 33.9. The molecule has 0 radical (unpaired) electrons. The summed E-state index contributed by atoms with van der Waals surface area (Å²) in [6.45, 7) is 6.55. The van der Waals surface area contributed by atoms with Gasteiger partial charge >= 0.3 is 5.97 Å². The number of rotatable bonds is 5. The van der Waals surface area contributed by atoms with Crippen LogP contribution in [0.3, 0.4) is 0 Å². The first-order chi connectivity index (χ1) is 8.11. The number of aliphatic carboxylic acids is 1. The Labute approximate surface area is 104 Å². The lowest BCUT2D eigenvalue weighted by molar-refractivity contribution is -0.146. The SMILES string of the molecule is CCN(CC1CC1)C1CC(C)CCC1C(=O)O. The quantitative estimate of drug-likeness (QED) is 0.801. The molecule has 0 bridgehead atoms. The summed E-state index contributed by atoms with van der Waals surface area (Å²) in [6.07, 6.45) is 5.70. The van der Waals surface area contributed by atoms with Gasteiger partial charge in [0, 0.05) is 12.6 Å². The van der Waals surface area contributed by atoms with Gasteiger partial charge in [-0.2, -0.15) is 0 Å². The summed E-state index contributed by atoms with van der Waals surface area (Å²) in [5.41, 5.74) is 0. The van der Waals surface area contributed by atoms with Crippen LogP contribution in [-0.2, 0) is 4.79 Å². The first kappa shape index (κ1) is 12.9. The Balaban J connectivity index is 2.02. The summed E-state index contributed by atoms with van der Waals surface area (Å²) in [5.74, 6) is 0.812. The van der Waals surface area contributed by atoms with Crippen molar-refractivity contribution in [3.63, 3.8) is 0 Å². The second-order valence-electron chi connectivity index (χ2n) is 5.96. The van der Waals surface area contributed by atoms with Crippen LogP contribution in [0.15, 0.2) is 0 Å². The maximum atomic E-state index is 11.4. The Morgan fingerprint density at radius 1 is 1.29 bits per heavy atom. The Kier molecular flexibility index (Phi) is 4.08. The number of carboxylic acid groups (broad SMARTS) is 1. The van der Waals surface area contributed by atoms with Crippen molar-refractivity contribution < 1.29 is 9.90 Å². The van der Waals surface area contributed by atoms with Crippen LogP contribution >= 0.6 is 0 Å². The molecular formula is C14H25NO2. The largest absolute Gasteiger partial charge is 0.481 e. The first-order valence-corrected chi connectivity index (χ1v) is 7.08. The molecule has 2 saturated carbocycles. The van der Waals surface area contributed by atoms with Crippen LogP contribution in [0.4, 0.5) is 0 Å². The van der Waals surface area contributed by atoms with Gasteiger partial charge in [-0.15, -0.1) is 0 Å². The second-order valence-corrected chi connectivity index (χ2v) is 5.96. The van der Waals surface area contributed by atoms with E-state index >= 15 is 0 Å². The van der Waals surface area contributed by atoms with E-state index < -0.39 is 5.97 Å². The zero-order valence-electron chi connectivity index (χ0n) is 11.1. The molecule has 2 aliphatic rings. The maximum Gasteiger partial charge on any atom is 0.308 e. The molecule has 0 heterocycles. The highest BCUT2D eigenvalue weighted by Gasteiger charge is 2.38. The molecule has 0 aromatic heterocycles. The van der Waals surface area contributed by atoms with E-state index in [1.807, 2.05) is 0 Å². The predicted octanol–water partition coefficient (Wildman–Crippen LogP) is 2.61. The number of carboxylic acids is 1. The summed E-state index contributed by atoms with van der Waals surface area (Å²) < 4.78 is 0. The van der Waals surface area contributed by atoms with E-state index in [9.17, 15) is 9.90 Å². The van der Waals surface area contributed by atoms with E-state index in [1.165, 1.54) is 12.8 Å². The maximum absolute atomic E-state index is 11.4. The number of hydrogen-bond donors (Lipinski definition) is 1. The zero-order valence-corrected chi connectivity index (χ0v) is 11.1. The van der Waals surface area contributed by atoms with Crippen LogP contribution in [0.1, 0.15) is 46.0 Å². The third kappa shape index (κ3) is 3.21. The lowest BCUT2D eigenvalue weighted by Gasteiger charge is -2.40. The summed E-state index contributed by atoms with van der Waals surface area (Å²) >= 11 is 0. The van der Waals surface area contributed by atoms with Crippen LogP contribution in [0.5, 0.6) is 0 Å². The minimum atomic E-state index is -0.587. The zero-order chi connectivity index (χ0) is 12.4. The van der Waals surface area contributed by atoms with Crippen LogP contribution in [0.2, 0.25) is 0 Å². The Hall–Kier alpha value is -0.570. The summed E-state index contributed by atoms with van der Waals surface area (Å²) in [5, 5.41) is 9.36. The molecule has 2 rings (SSSR count). The average Bonchev–Trinajstić information content (AvgIpc) is 3.09. The van der Waals surface area contributed by atoms with E-state index in [0.717, 1.165) is 38.3 Å². The molecule has 3 atom stereocenters. The molecule has 98 valence electrons. The molecule has 3 unspecified atom stereocenters. The molecule has 2 fully saturated rings. The van der Waals surface area contributed by atoms with Crippen LogP contribution in [0.25, 0.3) is 0 Å². The number of nitrogens with zero attached hydrogens (tertiary/aromatic N) is 1. The number of carbonyl (C=O) groups is 1. The van der Waals surface area contributed by atoms with Gasteiger partial charge in [-0.25, -0.2) is 0 Å². The summed E-state index contributed by atoms with van der Waals surface area (Å²) in [6, 6.07) is 0.279. The standard InChI is InChI=1S/C14H25NO2/c1-3-15(9-11-5-6-11)13-8-10(2)4-7-12(13)14(16)17/h10-13H,3-9H2,1-2H3,(H,16,17). The van der Waals surface area contributed by atoms with Crippen LogP contribution < -0.4 is 0 Å². The van der Waals surface area contributed by atoms with Crippen molar-refractivity contribution in [2.24, 2.45) is 17.8 Å².